The van der Waals surface area contributed by atoms with E-state index in [9.17, 15) is 17.6 Å². The van der Waals surface area contributed by atoms with E-state index < -0.39 is 17.9 Å². The molecule has 1 aromatic heterocycles. The summed E-state index contributed by atoms with van der Waals surface area (Å²) in [5.41, 5.74) is 0.393. The van der Waals surface area contributed by atoms with Crippen LogP contribution in [-0.4, -0.2) is 35.3 Å². The average molecular weight is 397 g/mol. The molecule has 148 valence electrons. The molecule has 0 spiro atoms. The molecule has 3 aromatic rings. The standard InChI is InChI=1S/C18H15F4N3O3/c1-26-13-5-3-12(4-6-13)16-11-25(24-23-16)17(19,20)18(21,22)28-15-9-7-14(27-2)8-10-15/h3-11H,1-2H3. The summed E-state index contributed by atoms with van der Waals surface area (Å²) < 4.78 is 70.9. The fourth-order valence-corrected chi connectivity index (χ4v) is 2.28. The van der Waals surface area contributed by atoms with Crippen LogP contribution in [0.15, 0.2) is 54.7 Å². The number of rotatable bonds is 7. The van der Waals surface area contributed by atoms with Crippen LogP contribution in [0.3, 0.4) is 0 Å². The van der Waals surface area contributed by atoms with E-state index in [1.54, 1.807) is 12.1 Å². The van der Waals surface area contributed by atoms with Crippen LogP contribution >= 0.6 is 0 Å². The molecule has 28 heavy (non-hydrogen) atoms. The Kier molecular flexibility index (Phi) is 5.12. The molecule has 0 unspecified atom stereocenters. The highest BCUT2D eigenvalue weighted by Crippen LogP contribution is 2.40. The number of ether oxygens (including phenoxy) is 3. The van der Waals surface area contributed by atoms with Gasteiger partial charge in [-0.3, -0.25) is 0 Å². The number of methoxy groups -OCH3 is 2. The maximum absolute atomic E-state index is 14.4. The van der Waals surface area contributed by atoms with Gasteiger partial charge in [0.25, 0.3) is 0 Å². The number of hydrogen-bond donors (Lipinski definition) is 0. The van der Waals surface area contributed by atoms with Crippen LogP contribution in [0.1, 0.15) is 0 Å². The second-order valence-corrected chi connectivity index (χ2v) is 5.61. The maximum atomic E-state index is 14.4. The SMILES string of the molecule is COc1ccc(OC(F)(F)C(F)(F)n2cc(-c3ccc(OC)cc3)nn2)cc1. The molecule has 0 N–H and O–H groups in total. The molecule has 0 saturated heterocycles. The Hall–Kier alpha value is -3.30. The Labute approximate surface area is 157 Å². The first kappa shape index (κ1) is 19.5. The zero-order valence-electron chi connectivity index (χ0n) is 14.8. The molecular formula is C18H15F4N3O3. The van der Waals surface area contributed by atoms with Crippen molar-refractivity contribution in [2.45, 2.75) is 12.2 Å². The molecule has 0 atom stereocenters. The Morgan fingerprint density at radius 2 is 1.29 bits per heavy atom. The van der Waals surface area contributed by atoms with Crippen LogP contribution in [0, 0.1) is 0 Å². The van der Waals surface area contributed by atoms with Gasteiger partial charge in [0.2, 0.25) is 0 Å². The number of aromatic nitrogens is 3. The smallest absolute Gasteiger partial charge is 0.488 e. The third-order valence-electron chi connectivity index (χ3n) is 3.82. The predicted octanol–water partition coefficient (Wildman–Crippen LogP) is 4.18. The normalized spacial score (nSPS) is 11.9. The summed E-state index contributed by atoms with van der Waals surface area (Å²) >= 11 is 0. The lowest BCUT2D eigenvalue weighted by Crippen LogP contribution is -2.47. The van der Waals surface area contributed by atoms with Gasteiger partial charge in [-0.2, -0.15) is 22.2 Å². The van der Waals surface area contributed by atoms with Crippen LogP contribution in [0.5, 0.6) is 17.2 Å². The largest absolute Gasteiger partial charge is 0.497 e. The quantitative estimate of drug-likeness (QED) is 0.560. The van der Waals surface area contributed by atoms with Crippen LogP contribution in [0.2, 0.25) is 0 Å². The molecule has 3 rings (SSSR count). The fourth-order valence-electron chi connectivity index (χ4n) is 2.28. The van der Waals surface area contributed by atoms with Gasteiger partial charge < -0.3 is 14.2 Å². The topological polar surface area (TPSA) is 58.4 Å². The summed E-state index contributed by atoms with van der Waals surface area (Å²) in [5.74, 6) is 0.449. The van der Waals surface area contributed by atoms with E-state index in [0.29, 0.717) is 23.3 Å². The van der Waals surface area contributed by atoms with Crippen molar-refractivity contribution in [3.05, 3.63) is 54.7 Å². The Morgan fingerprint density at radius 3 is 1.82 bits per heavy atom. The van der Waals surface area contributed by atoms with Crippen molar-refractivity contribution >= 4 is 0 Å². The van der Waals surface area contributed by atoms with Crippen LogP contribution in [0.4, 0.5) is 17.6 Å². The van der Waals surface area contributed by atoms with E-state index in [-0.39, 0.29) is 10.4 Å². The van der Waals surface area contributed by atoms with Gasteiger partial charge in [-0.25, -0.2) is 0 Å². The first-order valence-corrected chi connectivity index (χ1v) is 7.93. The minimum Gasteiger partial charge on any atom is -0.497 e. The number of benzene rings is 2. The van der Waals surface area contributed by atoms with Crippen molar-refractivity contribution < 1.29 is 31.8 Å². The van der Waals surface area contributed by atoms with Crippen LogP contribution in [-0.2, 0) is 6.05 Å². The van der Waals surface area contributed by atoms with E-state index in [1.165, 1.54) is 38.5 Å². The Balaban J connectivity index is 1.82. The van der Waals surface area contributed by atoms with Crippen molar-refractivity contribution in [1.29, 1.82) is 0 Å². The van der Waals surface area contributed by atoms with Crippen molar-refractivity contribution in [2.24, 2.45) is 0 Å². The molecule has 0 fully saturated rings. The zero-order valence-corrected chi connectivity index (χ0v) is 14.8. The molecule has 0 saturated carbocycles. The average Bonchev–Trinajstić information content (AvgIpc) is 3.19. The summed E-state index contributed by atoms with van der Waals surface area (Å²) in [7, 11) is 2.85. The third kappa shape index (κ3) is 3.71. The van der Waals surface area contributed by atoms with Crippen molar-refractivity contribution in [1.82, 2.24) is 15.0 Å². The lowest BCUT2D eigenvalue weighted by atomic mass is 10.2. The second kappa shape index (κ2) is 7.37. The minimum absolute atomic E-state index is 0.0115. The summed E-state index contributed by atoms with van der Waals surface area (Å²) in [6.45, 7) is 0. The molecular weight excluding hydrogens is 382 g/mol. The highest BCUT2D eigenvalue weighted by atomic mass is 19.3. The van der Waals surface area contributed by atoms with Gasteiger partial charge in [-0.15, -0.1) is 5.10 Å². The fraction of sp³-hybridized carbons (Fsp3) is 0.222. The van der Waals surface area contributed by atoms with Gasteiger partial charge in [-0.1, -0.05) is 5.21 Å². The summed E-state index contributed by atoms with van der Waals surface area (Å²) in [5, 5.41) is 6.69. The number of nitrogens with zero attached hydrogens (tertiary/aromatic N) is 3. The van der Waals surface area contributed by atoms with Gasteiger partial charge >= 0.3 is 12.2 Å². The second-order valence-electron chi connectivity index (χ2n) is 5.61. The monoisotopic (exact) mass is 397 g/mol. The molecule has 0 aliphatic heterocycles. The van der Waals surface area contributed by atoms with Crippen molar-refractivity contribution in [3.63, 3.8) is 0 Å². The lowest BCUT2D eigenvalue weighted by Gasteiger charge is -2.25. The summed E-state index contributed by atoms with van der Waals surface area (Å²) in [4.78, 5) is 0. The third-order valence-corrected chi connectivity index (χ3v) is 3.82. The molecule has 0 aliphatic rings. The summed E-state index contributed by atoms with van der Waals surface area (Å²) in [6.07, 6.45) is -4.17. The molecule has 0 radical (unpaired) electrons. The van der Waals surface area contributed by atoms with Crippen molar-refractivity contribution in [2.75, 3.05) is 14.2 Å². The maximum Gasteiger partial charge on any atom is 0.488 e. The van der Waals surface area contributed by atoms with Gasteiger partial charge in [0.05, 0.1) is 20.4 Å². The highest BCUT2D eigenvalue weighted by Gasteiger charge is 2.62. The molecule has 6 nitrogen and oxygen atoms in total. The van der Waals surface area contributed by atoms with E-state index in [2.05, 4.69) is 15.0 Å². The van der Waals surface area contributed by atoms with Gasteiger partial charge in [0.1, 0.15) is 22.9 Å². The van der Waals surface area contributed by atoms with Crippen molar-refractivity contribution in [3.8, 4) is 28.5 Å². The van der Waals surface area contributed by atoms with E-state index in [4.69, 9.17) is 9.47 Å². The lowest BCUT2D eigenvalue weighted by molar-refractivity contribution is -0.351. The first-order chi connectivity index (χ1) is 13.3. The van der Waals surface area contributed by atoms with Gasteiger partial charge in [-0.05, 0) is 48.5 Å². The number of alkyl halides is 4. The molecule has 1 heterocycles. The van der Waals surface area contributed by atoms with Crippen LogP contribution < -0.4 is 14.2 Å². The first-order valence-electron chi connectivity index (χ1n) is 7.93. The predicted molar refractivity (Wildman–Crippen MR) is 90.8 cm³/mol. The molecule has 2 aromatic carbocycles. The number of halogens is 4. The number of hydrogen-bond acceptors (Lipinski definition) is 5. The molecule has 0 aliphatic carbocycles. The summed E-state index contributed by atoms with van der Waals surface area (Å²) in [6, 6.07) is 6.24. The van der Waals surface area contributed by atoms with Crippen LogP contribution in [0.25, 0.3) is 11.3 Å². The highest BCUT2D eigenvalue weighted by molar-refractivity contribution is 5.58. The molecule has 0 amide bonds. The Morgan fingerprint density at radius 1 is 0.786 bits per heavy atom. The van der Waals surface area contributed by atoms with E-state index in [0.717, 1.165) is 12.1 Å². The van der Waals surface area contributed by atoms with Gasteiger partial charge in [0.15, 0.2) is 0 Å². The zero-order chi connectivity index (χ0) is 20.4. The van der Waals surface area contributed by atoms with Gasteiger partial charge in [0, 0.05) is 5.56 Å². The Bertz CT molecular complexity index is 928. The van der Waals surface area contributed by atoms with E-state index >= 15 is 0 Å². The molecule has 0 bridgehead atoms. The minimum atomic E-state index is -4.88. The van der Waals surface area contributed by atoms with E-state index in [1.807, 2.05) is 0 Å². The molecule has 10 heteroatoms.